The Morgan fingerprint density at radius 3 is 1.33 bits per heavy atom. The predicted octanol–water partition coefficient (Wildman–Crippen LogP) is 5.87. The van der Waals surface area contributed by atoms with E-state index in [1.165, 1.54) is 0 Å². The third-order valence-electron chi connectivity index (χ3n) is 6.77. The van der Waals surface area contributed by atoms with Crippen LogP contribution in [-0.4, -0.2) is 38.7 Å². The van der Waals surface area contributed by atoms with Crippen molar-refractivity contribution in [1.29, 1.82) is 0 Å². The maximum atomic E-state index is 13.3. The fourth-order valence-electron chi connectivity index (χ4n) is 4.64. The first-order chi connectivity index (χ1) is 19.0. The number of hydrogen-bond acceptors (Lipinski definition) is 5. The second kappa shape index (κ2) is 12.8. The quantitative estimate of drug-likeness (QED) is 0.186. The second-order valence-electron chi connectivity index (χ2n) is 9.27. The summed E-state index contributed by atoms with van der Waals surface area (Å²) >= 11 is 0. The molecule has 0 heterocycles. The number of carbonyl (C=O) groups is 2. The standard InChI is InChI=1S/C33H33NO5/c1-4-39-32(36)33(34-23-35,21-24-5-9-26(10-6-24)28-13-17-30(37-2)18-14-28)22-25-7-11-27(12-8-25)29-15-19-31(38-3)20-16-29/h5-20,23H,4,21-22H2,1-3H3,(H,34,35). The van der Waals surface area contributed by atoms with Crippen molar-refractivity contribution < 1.29 is 23.8 Å². The number of nitrogens with one attached hydrogen (secondary N) is 1. The molecule has 39 heavy (non-hydrogen) atoms. The topological polar surface area (TPSA) is 73.9 Å². The van der Waals surface area contributed by atoms with Gasteiger partial charge in [-0.05, 0) is 64.6 Å². The number of methoxy groups -OCH3 is 2. The van der Waals surface area contributed by atoms with Crippen LogP contribution in [0.3, 0.4) is 0 Å². The van der Waals surface area contributed by atoms with Gasteiger partial charge in [-0.2, -0.15) is 0 Å². The molecule has 0 aliphatic carbocycles. The van der Waals surface area contributed by atoms with Crippen LogP contribution in [0.5, 0.6) is 11.5 Å². The van der Waals surface area contributed by atoms with Crippen LogP contribution in [0.1, 0.15) is 18.1 Å². The van der Waals surface area contributed by atoms with Crippen molar-refractivity contribution >= 4 is 12.4 Å². The summed E-state index contributed by atoms with van der Waals surface area (Å²) in [7, 11) is 3.28. The molecular weight excluding hydrogens is 490 g/mol. The molecule has 0 saturated carbocycles. The minimum absolute atomic E-state index is 0.216. The van der Waals surface area contributed by atoms with Crippen LogP contribution in [-0.2, 0) is 27.2 Å². The van der Waals surface area contributed by atoms with Crippen LogP contribution in [0.25, 0.3) is 22.3 Å². The van der Waals surface area contributed by atoms with Gasteiger partial charge in [0.1, 0.15) is 17.0 Å². The SMILES string of the molecule is CCOC(=O)C(Cc1ccc(-c2ccc(OC)cc2)cc1)(Cc1ccc(-c2ccc(OC)cc2)cc1)NC=O. The molecule has 6 heteroatoms. The Morgan fingerprint density at radius 1 is 0.667 bits per heavy atom. The van der Waals surface area contributed by atoms with Crippen molar-refractivity contribution in [1.82, 2.24) is 5.32 Å². The summed E-state index contributed by atoms with van der Waals surface area (Å²) in [4.78, 5) is 25.0. The van der Waals surface area contributed by atoms with E-state index in [1.54, 1.807) is 21.1 Å². The van der Waals surface area contributed by atoms with Gasteiger partial charge >= 0.3 is 5.97 Å². The van der Waals surface area contributed by atoms with E-state index in [0.717, 1.165) is 44.9 Å². The van der Waals surface area contributed by atoms with E-state index in [4.69, 9.17) is 14.2 Å². The van der Waals surface area contributed by atoms with Gasteiger partial charge in [0.2, 0.25) is 6.41 Å². The van der Waals surface area contributed by atoms with Crippen LogP contribution in [0.2, 0.25) is 0 Å². The zero-order valence-corrected chi connectivity index (χ0v) is 22.5. The van der Waals surface area contributed by atoms with Gasteiger partial charge < -0.3 is 19.5 Å². The molecule has 0 aromatic heterocycles. The third-order valence-corrected chi connectivity index (χ3v) is 6.77. The lowest BCUT2D eigenvalue weighted by Crippen LogP contribution is -2.56. The molecule has 0 aliphatic heterocycles. The van der Waals surface area contributed by atoms with E-state index >= 15 is 0 Å². The number of hydrogen-bond donors (Lipinski definition) is 1. The number of ether oxygens (including phenoxy) is 3. The van der Waals surface area contributed by atoms with Crippen molar-refractivity contribution in [2.75, 3.05) is 20.8 Å². The van der Waals surface area contributed by atoms with Gasteiger partial charge in [-0.25, -0.2) is 4.79 Å². The Balaban J connectivity index is 1.58. The molecule has 0 saturated heterocycles. The Hall–Kier alpha value is -4.58. The molecule has 4 rings (SSSR count). The Morgan fingerprint density at radius 2 is 1.03 bits per heavy atom. The molecule has 0 fully saturated rings. The smallest absolute Gasteiger partial charge is 0.332 e. The van der Waals surface area contributed by atoms with E-state index in [2.05, 4.69) is 5.32 Å². The minimum atomic E-state index is -1.25. The van der Waals surface area contributed by atoms with Crippen LogP contribution in [0.4, 0.5) is 0 Å². The molecular formula is C33H33NO5. The first kappa shape index (κ1) is 27.5. The fraction of sp³-hybridized carbons (Fsp3) is 0.212. The number of carbonyl (C=O) groups excluding carboxylic acids is 2. The summed E-state index contributed by atoms with van der Waals surface area (Å²) in [5, 5.41) is 2.81. The van der Waals surface area contributed by atoms with Gasteiger partial charge in [-0.3, -0.25) is 4.79 Å². The molecule has 0 atom stereocenters. The molecule has 0 spiro atoms. The molecule has 4 aromatic carbocycles. The van der Waals surface area contributed by atoms with Crippen LogP contribution in [0, 0.1) is 0 Å². The van der Waals surface area contributed by atoms with Gasteiger partial charge in [-0.1, -0.05) is 72.8 Å². The van der Waals surface area contributed by atoms with Gasteiger partial charge in [0, 0.05) is 12.8 Å². The molecule has 6 nitrogen and oxygen atoms in total. The van der Waals surface area contributed by atoms with E-state index in [0.29, 0.717) is 6.41 Å². The summed E-state index contributed by atoms with van der Waals surface area (Å²) in [5.41, 5.74) is 4.76. The van der Waals surface area contributed by atoms with E-state index in [9.17, 15) is 9.59 Å². The van der Waals surface area contributed by atoms with E-state index in [-0.39, 0.29) is 19.4 Å². The van der Waals surface area contributed by atoms with E-state index in [1.807, 2.05) is 97.1 Å². The first-order valence-corrected chi connectivity index (χ1v) is 12.9. The van der Waals surface area contributed by atoms with Gasteiger partial charge in [0.05, 0.1) is 20.8 Å². The Kier molecular flexibility index (Phi) is 9.00. The maximum absolute atomic E-state index is 13.3. The zero-order valence-electron chi connectivity index (χ0n) is 22.5. The highest BCUT2D eigenvalue weighted by Crippen LogP contribution is 2.28. The lowest BCUT2D eigenvalue weighted by atomic mass is 9.84. The summed E-state index contributed by atoms with van der Waals surface area (Å²) in [6.45, 7) is 1.98. The second-order valence-corrected chi connectivity index (χ2v) is 9.27. The molecule has 1 amide bonds. The van der Waals surface area contributed by atoms with Crippen molar-refractivity contribution in [2.45, 2.75) is 25.3 Å². The molecule has 0 aliphatic rings. The maximum Gasteiger partial charge on any atom is 0.332 e. The third kappa shape index (κ3) is 6.65. The van der Waals surface area contributed by atoms with Crippen LogP contribution >= 0.6 is 0 Å². The normalized spacial score (nSPS) is 10.9. The van der Waals surface area contributed by atoms with Crippen molar-refractivity contribution in [3.8, 4) is 33.8 Å². The van der Waals surface area contributed by atoms with Crippen LogP contribution < -0.4 is 14.8 Å². The minimum Gasteiger partial charge on any atom is -0.497 e. The first-order valence-electron chi connectivity index (χ1n) is 12.9. The Labute approximate surface area is 229 Å². The number of esters is 1. The van der Waals surface area contributed by atoms with Crippen molar-refractivity contribution in [3.05, 3.63) is 108 Å². The average Bonchev–Trinajstić information content (AvgIpc) is 2.98. The molecule has 0 radical (unpaired) electrons. The number of amides is 1. The van der Waals surface area contributed by atoms with Gasteiger partial charge in [0.15, 0.2) is 0 Å². The molecule has 1 N–H and O–H groups in total. The predicted molar refractivity (Wildman–Crippen MR) is 153 cm³/mol. The summed E-state index contributed by atoms with van der Waals surface area (Å²) in [6, 6.07) is 31.6. The molecule has 4 aromatic rings. The lowest BCUT2D eigenvalue weighted by Gasteiger charge is -2.31. The highest BCUT2D eigenvalue weighted by atomic mass is 16.5. The zero-order chi connectivity index (χ0) is 27.7. The fourth-order valence-corrected chi connectivity index (χ4v) is 4.64. The lowest BCUT2D eigenvalue weighted by molar-refractivity contribution is -0.152. The molecule has 200 valence electrons. The summed E-state index contributed by atoms with van der Waals surface area (Å²) in [6.07, 6.45) is 1.15. The van der Waals surface area contributed by atoms with E-state index < -0.39 is 11.5 Å². The molecule has 0 unspecified atom stereocenters. The molecule has 0 bridgehead atoms. The average molecular weight is 524 g/mol. The number of rotatable bonds is 12. The van der Waals surface area contributed by atoms with Gasteiger partial charge in [-0.15, -0.1) is 0 Å². The van der Waals surface area contributed by atoms with Crippen LogP contribution in [0.15, 0.2) is 97.1 Å². The van der Waals surface area contributed by atoms with Crippen molar-refractivity contribution in [2.24, 2.45) is 0 Å². The van der Waals surface area contributed by atoms with Crippen molar-refractivity contribution in [3.63, 3.8) is 0 Å². The number of benzene rings is 4. The van der Waals surface area contributed by atoms with Gasteiger partial charge in [0.25, 0.3) is 0 Å². The summed E-state index contributed by atoms with van der Waals surface area (Å²) in [5.74, 6) is 1.13. The highest BCUT2D eigenvalue weighted by Gasteiger charge is 2.40. The Bertz CT molecular complexity index is 1270. The summed E-state index contributed by atoms with van der Waals surface area (Å²) < 4.78 is 15.9. The highest BCUT2D eigenvalue weighted by molar-refractivity contribution is 5.84. The monoisotopic (exact) mass is 523 g/mol. The largest absolute Gasteiger partial charge is 0.497 e.